The van der Waals surface area contributed by atoms with Gasteiger partial charge in [0.2, 0.25) is 0 Å². The van der Waals surface area contributed by atoms with E-state index in [0.29, 0.717) is 11.4 Å². The molecule has 0 spiro atoms. The Bertz CT molecular complexity index is 860. The van der Waals surface area contributed by atoms with E-state index in [-0.39, 0.29) is 49.5 Å². The minimum absolute atomic E-state index is 0.00310. The van der Waals surface area contributed by atoms with E-state index in [1.54, 1.807) is 46.3 Å². The van der Waals surface area contributed by atoms with Gasteiger partial charge >= 0.3 is 12.1 Å². The number of carbonyl (C=O) groups is 3. The Morgan fingerprint density at radius 2 is 2.06 bits per heavy atom. The van der Waals surface area contributed by atoms with Crippen LogP contribution in [0.3, 0.4) is 0 Å². The van der Waals surface area contributed by atoms with Crippen molar-refractivity contribution >= 4 is 23.7 Å². The number of anilines is 1. The number of amides is 1. The molecule has 1 aromatic heterocycles. The second kappa shape index (κ2) is 9.95. The van der Waals surface area contributed by atoms with E-state index >= 15 is 0 Å². The van der Waals surface area contributed by atoms with E-state index in [9.17, 15) is 14.4 Å². The molecule has 4 atom stereocenters. The van der Waals surface area contributed by atoms with Crippen LogP contribution >= 0.6 is 0 Å². The summed E-state index contributed by atoms with van der Waals surface area (Å²) in [6.07, 6.45) is 2.56. The van der Waals surface area contributed by atoms with Gasteiger partial charge in [-0.15, -0.1) is 0 Å². The van der Waals surface area contributed by atoms with Gasteiger partial charge in [-0.3, -0.25) is 19.4 Å². The van der Waals surface area contributed by atoms with Gasteiger partial charge in [-0.1, -0.05) is 19.9 Å². The minimum atomic E-state index is -0.967. The Kier molecular flexibility index (Phi) is 7.51. The van der Waals surface area contributed by atoms with Gasteiger partial charge < -0.3 is 14.2 Å². The fourth-order valence-electron chi connectivity index (χ4n) is 4.68. The van der Waals surface area contributed by atoms with Crippen molar-refractivity contribution in [3.05, 3.63) is 23.9 Å². The molecular formula is C23H33N3O6. The number of hydrogen-bond donors (Lipinski definition) is 0. The zero-order valence-corrected chi connectivity index (χ0v) is 19.5. The highest BCUT2D eigenvalue weighted by Crippen LogP contribution is 2.40. The van der Waals surface area contributed by atoms with Crippen LogP contribution in [-0.2, 0) is 30.4 Å². The molecule has 0 aliphatic carbocycles. The van der Waals surface area contributed by atoms with Crippen LogP contribution in [0.5, 0.6) is 0 Å². The molecule has 2 bridgehead atoms. The summed E-state index contributed by atoms with van der Waals surface area (Å²) < 4.78 is 16.3. The number of hydrogen-bond acceptors (Lipinski definition) is 8. The normalized spacial score (nSPS) is 26.8. The predicted molar refractivity (Wildman–Crippen MR) is 117 cm³/mol. The van der Waals surface area contributed by atoms with Crippen molar-refractivity contribution in [2.45, 2.75) is 51.8 Å². The second-order valence-electron chi connectivity index (χ2n) is 8.95. The van der Waals surface area contributed by atoms with Crippen molar-refractivity contribution in [1.82, 2.24) is 9.88 Å². The van der Waals surface area contributed by atoms with Crippen molar-refractivity contribution < 1.29 is 28.6 Å². The average Bonchev–Trinajstić information content (AvgIpc) is 2.78. The number of pyridine rings is 1. The zero-order valence-electron chi connectivity index (χ0n) is 19.5. The molecule has 0 saturated carbocycles. The van der Waals surface area contributed by atoms with Crippen LogP contribution in [0.4, 0.5) is 10.6 Å². The molecule has 3 saturated heterocycles. The predicted octanol–water partition coefficient (Wildman–Crippen LogP) is 2.42. The third-order valence-corrected chi connectivity index (χ3v) is 6.37. The third-order valence-electron chi connectivity index (χ3n) is 6.37. The number of aromatic nitrogens is 1. The molecule has 32 heavy (non-hydrogen) atoms. The SMILES string of the molecule is COC[C@]1(COC(=O)N(C)c2ncccc2COC(=O)C(C)C)C(=O)[C@H]2CCN1[C@H](C)C2. The fourth-order valence-corrected chi connectivity index (χ4v) is 4.68. The van der Waals surface area contributed by atoms with Crippen LogP contribution in [0, 0.1) is 11.8 Å². The number of rotatable bonds is 8. The molecule has 3 aliphatic rings. The monoisotopic (exact) mass is 447 g/mol. The van der Waals surface area contributed by atoms with Gasteiger partial charge in [-0.25, -0.2) is 9.78 Å². The highest BCUT2D eigenvalue weighted by molar-refractivity contribution is 5.93. The maximum Gasteiger partial charge on any atom is 0.415 e. The molecule has 1 aromatic rings. The Labute approximate surface area is 189 Å². The second-order valence-corrected chi connectivity index (χ2v) is 8.95. The molecule has 1 amide bonds. The molecule has 1 unspecified atom stereocenters. The third kappa shape index (κ3) is 4.63. The lowest BCUT2D eigenvalue weighted by atomic mass is 9.71. The summed E-state index contributed by atoms with van der Waals surface area (Å²) in [6.45, 7) is 6.45. The first-order valence-corrected chi connectivity index (χ1v) is 11.0. The van der Waals surface area contributed by atoms with Crippen LogP contribution in [0.2, 0.25) is 0 Å². The average molecular weight is 448 g/mol. The molecule has 4 rings (SSSR count). The summed E-state index contributed by atoms with van der Waals surface area (Å²) in [5.41, 5.74) is -0.385. The van der Waals surface area contributed by atoms with E-state index in [1.807, 2.05) is 0 Å². The molecule has 3 aliphatic heterocycles. The largest absolute Gasteiger partial charge is 0.460 e. The van der Waals surface area contributed by atoms with Crippen molar-refractivity contribution in [1.29, 1.82) is 0 Å². The number of ether oxygens (including phenoxy) is 3. The maximum absolute atomic E-state index is 13.2. The van der Waals surface area contributed by atoms with Gasteiger partial charge in [0.05, 0.1) is 12.5 Å². The van der Waals surface area contributed by atoms with Crippen molar-refractivity contribution in [2.75, 3.05) is 38.8 Å². The molecule has 4 heterocycles. The Balaban J connectivity index is 1.72. The highest BCUT2D eigenvalue weighted by atomic mass is 16.6. The minimum Gasteiger partial charge on any atom is -0.460 e. The maximum atomic E-state index is 13.2. The number of ketones is 1. The van der Waals surface area contributed by atoms with Crippen LogP contribution < -0.4 is 4.90 Å². The summed E-state index contributed by atoms with van der Waals surface area (Å²) in [5, 5.41) is 0. The molecular weight excluding hydrogens is 414 g/mol. The van der Waals surface area contributed by atoms with Gasteiger partial charge in [0.15, 0.2) is 5.78 Å². The Morgan fingerprint density at radius 3 is 2.72 bits per heavy atom. The number of piperidine rings is 3. The van der Waals surface area contributed by atoms with Crippen LogP contribution in [0.15, 0.2) is 18.3 Å². The number of nitrogens with zero attached hydrogens (tertiary/aromatic N) is 3. The standard InChI is InChI=1S/C23H33N3O6/c1-15(2)21(28)31-12-18-7-6-9-24-20(18)25(4)22(29)32-14-23(13-30-5)19(27)17-8-10-26(23)16(3)11-17/h6-7,9,15-17H,8,10-14H2,1-5H3/t16-,17+,23+/m1/s1. The molecule has 9 heteroatoms. The van der Waals surface area contributed by atoms with E-state index in [0.717, 1.165) is 19.4 Å². The summed E-state index contributed by atoms with van der Waals surface area (Å²) in [6, 6.07) is 3.67. The first kappa shape index (κ1) is 24.1. The van der Waals surface area contributed by atoms with Crippen LogP contribution in [0.25, 0.3) is 0 Å². The fraction of sp³-hybridized carbons (Fsp3) is 0.652. The van der Waals surface area contributed by atoms with E-state index in [4.69, 9.17) is 14.2 Å². The van der Waals surface area contributed by atoms with Crippen molar-refractivity contribution in [3.63, 3.8) is 0 Å². The van der Waals surface area contributed by atoms with E-state index in [2.05, 4.69) is 16.8 Å². The zero-order chi connectivity index (χ0) is 23.5. The van der Waals surface area contributed by atoms with Crippen molar-refractivity contribution in [2.24, 2.45) is 11.8 Å². The number of fused-ring (bicyclic) bond motifs is 3. The Morgan fingerprint density at radius 1 is 1.31 bits per heavy atom. The summed E-state index contributed by atoms with van der Waals surface area (Å²) in [7, 11) is 3.09. The van der Waals surface area contributed by atoms with Crippen LogP contribution in [0.1, 0.15) is 39.2 Å². The lowest BCUT2D eigenvalue weighted by molar-refractivity contribution is -0.164. The topological polar surface area (TPSA) is 98.3 Å². The van der Waals surface area contributed by atoms with Gasteiger partial charge in [0, 0.05) is 44.4 Å². The quantitative estimate of drug-likeness (QED) is 0.561. The number of carbonyl (C=O) groups excluding carboxylic acids is 3. The number of Topliss-reactive ketones (excluding diaryl/α,β-unsaturated/α-hetero) is 1. The first-order valence-electron chi connectivity index (χ1n) is 11.0. The van der Waals surface area contributed by atoms with Crippen molar-refractivity contribution in [3.8, 4) is 0 Å². The van der Waals surface area contributed by atoms with Gasteiger partial charge in [-0.2, -0.15) is 0 Å². The summed E-state index contributed by atoms with van der Waals surface area (Å²) in [4.78, 5) is 45.6. The molecule has 9 nitrogen and oxygen atoms in total. The smallest absolute Gasteiger partial charge is 0.415 e. The highest BCUT2D eigenvalue weighted by Gasteiger charge is 2.56. The van der Waals surface area contributed by atoms with E-state index < -0.39 is 11.6 Å². The Hall–Kier alpha value is -2.52. The number of esters is 1. The van der Waals surface area contributed by atoms with Crippen LogP contribution in [-0.4, -0.2) is 73.2 Å². The lowest BCUT2D eigenvalue weighted by Gasteiger charge is -2.55. The van der Waals surface area contributed by atoms with Gasteiger partial charge in [0.25, 0.3) is 0 Å². The van der Waals surface area contributed by atoms with E-state index in [1.165, 1.54) is 4.90 Å². The first-order chi connectivity index (χ1) is 15.2. The molecule has 0 N–H and O–H groups in total. The molecule has 0 radical (unpaired) electrons. The molecule has 176 valence electrons. The van der Waals surface area contributed by atoms with Gasteiger partial charge in [-0.05, 0) is 25.8 Å². The number of methoxy groups -OCH3 is 1. The molecule has 3 fully saturated rings. The summed E-state index contributed by atoms with van der Waals surface area (Å²) in [5.74, 6) is -0.200. The molecule has 0 aromatic carbocycles. The summed E-state index contributed by atoms with van der Waals surface area (Å²) >= 11 is 0. The lowest BCUT2D eigenvalue weighted by Crippen LogP contribution is -2.71. The van der Waals surface area contributed by atoms with Gasteiger partial charge in [0.1, 0.15) is 24.6 Å².